The predicted octanol–water partition coefficient (Wildman–Crippen LogP) is 1.89. The van der Waals surface area contributed by atoms with Crippen LogP contribution in [-0.4, -0.2) is 48.9 Å². The number of aromatic nitrogens is 5. The van der Waals surface area contributed by atoms with Crippen LogP contribution in [0.3, 0.4) is 0 Å². The van der Waals surface area contributed by atoms with Gasteiger partial charge in [-0.25, -0.2) is 9.97 Å². The molecule has 0 bridgehead atoms. The fourth-order valence-corrected chi connectivity index (χ4v) is 3.02. The van der Waals surface area contributed by atoms with Crippen molar-refractivity contribution in [2.45, 2.75) is 19.4 Å². The number of hydrogen-bond acceptors (Lipinski definition) is 6. The highest BCUT2D eigenvalue weighted by molar-refractivity contribution is 7.13. The van der Waals surface area contributed by atoms with Gasteiger partial charge in [-0.15, -0.1) is 11.3 Å². The average molecular weight is 342 g/mol. The van der Waals surface area contributed by atoms with Crippen molar-refractivity contribution in [1.29, 1.82) is 0 Å². The number of likely N-dealkylation sites (N-methyl/N-ethyl adjacent to an activating group) is 1. The van der Waals surface area contributed by atoms with Crippen molar-refractivity contribution in [3.8, 4) is 10.7 Å². The summed E-state index contributed by atoms with van der Waals surface area (Å²) in [4.78, 5) is 30.8. The van der Waals surface area contributed by atoms with Crippen LogP contribution in [-0.2, 0) is 17.8 Å². The van der Waals surface area contributed by atoms with Crippen molar-refractivity contribution in [2.75, 3.05) is 13.6 Å². The van der Waals surface area contributed by atoms with Gasteiger partial charge in [-0.3, -0.25) is 14.8 Å². The molecule has 3 rings (SSSR count). The number of carbonyl (C=O) groups excluding carboxylic acids is 1. The van der Waals surface area contributed by atoms with Gasteiger partial charge in [-0.1, -0.05) is 0 Å². The lowest BCUT2D eigenvalue weighted by Gasteiger charge is -2.16. The van der Waals surface area contributed by atoms with Crippen LogP contribution >= 0.6 is 11.3 Å². The molecule has 3 aromatic rings. The molecule has 1 amide bonds. The van der Waals surface area contributed by atoms with Crippen LogP contribution in [0.2, 0.25) is 0 Å². The predicted molar refractivity (Wildman–Crippen MR) is 91.3 cm³/mol. The molecule has 0 saturated heterocycles. The van der Waals surface area contributed by atoms with Crippen LogP contribution in [0.25, 0.3) is 10.7 Å². The topological polar surface area (TPSA) is 76.8 Å². The lowest BCUT2D eigenvalue weighted by atomic mass is 10.3. The molecule has 3 heterocycles. The second-order valence-corrected chi connectivity index (χ2v) is 6.24. The number of hydrogen-bond donors (Lipinski definition) is 0. The Balaban J connectivity index is 1.50. The van der Waals surface area contributed by atoms with E-state index in [9.17, 15) is 4.79 Å². The quantitative estimate of drug-likeness (QED) is 0.655. The van der Waals surface area contributed by atoms with Crippen LogP contribution in [0.4, 0.5) is 0 Å². The highest BCUT2D eigenvalue weighted by Gasteiger charge is 2.13. The van der Waals surface area contributed by atoms with Crippen LogP contribution in [0.15, 0.2) is 42.7 Å². The lowest BCUT2D eigenvalue weighted by Crippen LogP contribution is -2.29. The summed E-state index contributed by atoms with van der Waals surface area (Å²) in [6.45, 7) is 1.56. The molecule has 0 aliphatic heterocycles. The molecule has 7 nitrogen and oxygen atoms in total. The molecule has 0 saturated carbocycles. The largest absolute Gasteiger partial charge is 0.345 e. The van der Waals surface area contributed by atoms with Crippen molar-refractivity contribution in [1.82, 2.24) is 29.4 Å². The molecule has 0 radical (unpaired) electrons. The molecule has 0 spiro atoms. The molecule has 8 heteroatoms. The Morgan fingerprint density at radius 3 is 2.96 bits per heavy atom. The van der Waals surface area contributed by atoms with Gasteiger partial charge in [-0.05, 0) is 6.42 Å². The number of aryl methyl sites for hydroxylation is 1. The van der Waals surface area contributed by atoms with Crippen LogP contribution in [0.1, 0.15) is 12.1 Å². The maximum absolute atomic E-state index is 12.3. The third kappa shape index (κ3) is 4.23. The van der Waals surface area contributed by atoms with Gasteiger partial charge in [0.25, 0.3) is 0 Å². The maximum atomic E-state index is 12.3. The van der Waals surface area contributed by atoms with Gasteiger partial charge in [0.05, 0.1) is 24.6 Å². The van der Waals surface area contributed by atoms with Gasteiger partial charge >= 0.3 is 0 Å². The highest BCUT2D eigenvalue weighted by atomic mass is 32.1. The summed E-state index contributed by atoms with van der Waals surface area (Å²) in [6.07, 6.45) is 11.6. The molecular weight excluding hydrogens is 324 g/mol. The van der Waals surface area contributed by atoms with Gasteiger partial charge in [0.1, 0.15) is 10.7 Å². The molecular formula is C16H18N6OS. The standard InChI is InChI=1S/C16H18N6OS/c1-21(6-2-7-22-8-5-18-12-22)15(23)9-13-11-24-16(20-13)14-10-17-3-4-19-14/h3-5,8,10-12H,2,6-7,9H2,1H3. The van der Waals surface area contributed by atoms with E-state index in [-0.39, 0.29) is 5.91 Å². The van der Waals surface area contributed by atoms with Gasteiger partial charge in [-0.2, -0.15) is 0 Å². The summed E-state index contributed by atoms with van der Waals surface area (Å²) >= 11 is 1.48. The van der Waals surface area contributed by atoms with E-state index in [0.29, 0.717) is 13.0 Å². The van der Waals surface area contributed by atoms with Crippen LogP contribution in [0.5, 0.6) is 0 Å². The van der Waals surface area contributed by atoms with Crippen molar-refractivity contribution in [3.63, 3.8) is 0 Å². The second kappa shape index (κ2) is 7.78. The third-order valence-corrected chi connectivity index (χ3v) is 4.47. The molecule has 0 unspecified atom stereocenters. The van der Waals surface area contributed by atoms with Gasteiger partial charge in [0.15, 0.2) is 0 Å². The molecule has 24 heavy (non-hydrogen) atoms. The number of rotatable bonds is 7. The zero-order valence-electron chi connectivity index (χ0n) is 13.4. The van der Waals surface area contributed by atoms with Crippen molar-refractivity contribution in [3.05, 3.63) is 48.4 Å². The number of amides is 1. The monoisotopic (exact) mass is 342 g/mol. The van der Waals surface area contributed by atoms with E-state index in [1.54, 1.807) is 36.0 Å². The fourth-order valence-electron chi connectivity index (χ4n) is 2.24. The average Bonchev–Trinajstić information content (AvgIpc) is 3.27. The van der Waals surface area contributed by atoms with Crippen LogP contribution in [0, 0.1) is 0 Å². The zero-order valence-corrected chi connectivity index (χ0v) is 14.2. The van der Waals surface area contributed by atoms with E-state index < -0.39 is 0 Å². The van der Waals surface area contributed by atoms with E-state index in [2.05, 4.69) is 19.9 Å². The Bertz CT molecular complexity index is 771. The van der Waals surface area contributed by atoms with E-state index in [0.717, 1.165) is 29.4 Å². The Morgan fingerprint density at radius 2 is 2.21 bits per heavy atom. The second-order valence-electron chi connectivity index (χ2n) is 5.38. The Hall–Kier alpha value is -2.61. The first-order chi connectivity index (χ1) is 11.7. The number of thiazole rings is 1. The number of nitrogens with zero attached hydrogens (tertiary/aromatic N) is 6. The van der Waals surface area contributed by atoms with Crippen molar-refractivity contribution in [2.24, 2.45) is 0 Å². The van der Waals surface area contributed by atoms with Gasteiger partial charge in [0.2, 0.25) is 5.91 Å². The summed E-state index contributed by atoms with van der Waals surface area (Å²) in [7, 11) is 1.83. The summed E-state index contributed by atoms with van der Waals surface area (Å²) in [6, 6.07) is 0. The molecule has 3 aromatic heterocycles. The Labute approximate surface area is 144 Å². The first-order valence-corrected chi connectivity index (χ1v) is 8.51. The van der Waals surface area contributed by atoms with Gasteiger partial charge in [0, 0.05) is 50.3 Å². The summed E-state index contributed by atoms with van der Waals surface area (Å²) in [5, 5.41) is 2.69. The van der Waals surface area contributed by atoms with E-state index >= 15 is 0 Å². The van der Waals surface area contributed by atoms with E-state index in [4.69, 9.17) is 0 Å². The first-order valence-electron chi connectivity index (χ1n) is 7.63. The molecule has 0 aromatic carbocycles. The van der Waals surface area contributed by atoms with Gasteiger partial charge < -0.3 is 9.47 Å². The minimum Gasteiger partial charge on any atom is -0.345 e. The SMILES string of the molecule is CN(CCCn1ccnc1)C(=O)Cc1csc(-c2cnccn2)n1. The summed E-state index contributed by atoms with van der Waals surface area (Å²) in [5.74, 6) is 0.0663. The Kier molecular flexibility index (Phi) is 5.27. The fraction of sp³-hybridized carbons (Fsp3) is 0.312. The number of imidazole rings is 1. The maximum Gasteiger partial charge on any atom is 0.228 e. The molecule has 0 N–H and O–H groups in total. The van der Waals surface area contributed by atoms with Crippen LogP contribution < -0.4 is 0 Å². The van der Waals surface area contributed by atoms with Crippen molar-refractivity contribution >= 4 is 17.2 Å². The summed E-state index contributed by atoms with van der Waals surface area (Å²) < 4.78 is 2.01. The minimum atomic E-state index is 0.0663. The first kappa shape index (κ1) is 16.3. The third-order valence-electron chi connectivity index (χ3n) is 3.56. The normalized spacial score (nSPS) is 10.7. The summed E-state index contributed by atoms with van der Waals surface area (Å²) in [5.41, 5.74) is 1.50. The zero-order chi connectivity index (χ0) is 16.8. The van der Waals surface area contributed by atoms with Crippen molar-refractivity contribution < 1.29 is 4.79 Å². The highest BCUT2D eigenvalue weighted by Crippen LogP contribution is 2.21. The molecule has 124 valence electrons. The molecule has 0 aliphatic carbocycles. The number of carbonyl (C=O) groups is 1. The van der Waals surface area contributed by atoms with E-state index in [1.165, 1.54) is 11.3 Å². The van der Waals surface area contributed by atoms with E-state index in [1.807, 2.05) is 23.2 Å². The smallest absolute Gasteiger partial charge is 0.228 e. The molecule has 0 atom stereocenters. The Morgan fingerprint density at radius 1 is 1.29 bits per heavy atom. The minimum absolute atomic E-state index is 0.0663. The lowest BCUT2D eigenvalue weighted by molar-refractivity contribution is -0.129. The molecule has 0 aliphatic rings. The molecule has 0 fully saturated rings.